The minimum absolute atomic E-state index is 0.114. The van der Waals surface area contributed by atoms with Gasteiger partial charge in [-0.2, -0.15) is 0 Å². The molecule has 0 radical (unpaired) electrons. The molecule has 0 aliphatic heterocycles. The lowest BCUT2D eigenvalue weighted by Crippen LogP contribution is -2.29. The van der Waals surface area contributed by atoms with Gasteiger partial charge in [0.2, 0.25) is 0 Å². The third-order valence-corrected chi connectivity index (χ3v) is 3.51. The quantitative estimate of drug-likeness (QED) is 0.855. The zero-order chi connectivity index (χ0) is 17.0. The zero-order valence-corrected chi connectivity index (χ0v) is 12.6. The summed E-state index contributed by atoms with van der Waals surface area (Å²) in [5.74, 6) is -2.23. The lowest BCUT2D eigenvalue weighted by Gasteiger charge is -2.17. The molecule has 1 aromatic carbocycles. The summed E-state index contributed by atoms with van der Waals surface area (Å²) in [5, 5.41) is 12.0. The van der Waals surface area contributed by atoms with Gasteiger partial charge >= 0.3 is 5.97 Å². The molecular weight excluding hydrogens is 306 g/mol. The maximum absolute atomic E-state index is 13.8. The van der Waals surface area contributed by atoms with E-state index in [4.69, 9.17) is 4.74 Å². The van der Waals surface area contributed by atoms with E-state index in [-0.39, 0.29) is 12.1 Å². The predicted molar refractivity (Wildman–Crippen MR) is 79.1 cm³/mol. The molecule has 0 aliphatic rings. The van der Waals surface area contributed by atoms with Gasteiger partial charge in [-0.3, -0.25) is 15.1 Å². The Morgan fingerprint density at radius 2 is 2.13 bits per heavy atom. The van der Waals surface area contributed by atoms with Gasteiger partial charge in [0.25, 0.3) is 0 Å². The van der Waals surface area contributed by atoms with E-state index in [0.29, 0.717) is 11.3 Å². The predicted octanol–water partition coefficient (Wildman–Crippen LogP) is 2.59. The summed E-state index contributed by atoms with van der Waals surface area (Å²) in [6.07, 6.45) is 3.10. The number of aromatic nitrogens is 1. The Morgan fingerprint density at radius 1 is 1.39 bits per heavy atom. The van der Waals surface area contributed by atoms with Crippen LogP contribution in [0.2, 0.25) is 0 Å². The molecule has 23 heavy (non-hydrogen) atoms. The van der Waals surface area contributed by atoms with Crippen molar-refractivity contribution in [2.45, 2.75) is 19.5 Å². The first-order valence-corrected chi connectivity index (χ1v) is 6.82. The van der Waals surface area contributed by atoms with Crippen LogP contribution in [-0.4, -0.2) is 23.2 Å². The molecule has 0 bridgehead atoms. The zero-order valence-electron chi connectivity index (χ0n) is 12.6. The molecule has 0 spiro atoms. The highest BCUT2D eigenvalue weighted by Crippen LogP contribution is 2.22. The minimum Gasteiger partial charge on any atom is -0.495 e. The Labute approximate surface area is 131 Å². The maximum atomic E-state index is 13.8. The molecule has 1 unspecified atom stereocenters. The number of rotatable bonds is 6. The fourth-order valence-corrected chi connectivity index (χ4v) is 2.21. The van der Waals surface area contributed by atoms with Gasteiger partial charge in [-0.25, -0.2) is 8.78 Å². The van der Waals surface area contributed by atoms with Crippen molar-refractivity contribution in [3.63, 3.8) is 0 Å². The molecule has 2 rings (SSSR count). The number of ether oxygens (including phenoxy) is 1. The smallest absolute Gasteiger partial charge is 0.325 e. The van der Waals surface area contributed by atoms with E-state index < -0.39 is 23.6 Å². The number of hydrogen-bond acceptors (Lipinski definition) is 4. The van der Waals surface area contributed by atoms with E-state index in [1.165, 1.54) is 7.11 Å². The molecule has 1 heterocycles. The van der Waals surface area contributed by atoms with E-state index in [1.54, 1.807) is 19.3 Å². The summed E-state index contributed by atoms with van der Waals surface area (Å²) in [6, 6.07) is 1.34. The number of nitrogens with one attached hydrogen (secondary N) is 1. The molecule has 0 amide bonds. The molecule has 0 saturated heterocycles. The topological polar surface area (TPSA) is 71.5 Å². The van der Waals surface area contributed by atoms with E-state index in [2.05, 4.69) is 10.3 Å². The molecule has 122 valence electrons. The molecule has 7 heteroatoms. The fourth-order valence-electron chi connectivity index (χ4n) is 2.21. The van der Waals surface area contributed by atoms with Crippen LogP contribution in [0.15, 0.2) is 30.6 Å². The molecule has 5 nitrogen and oxygen atoms in total. The lowest BCUT2D eigenvalue weighted by atomic mass is 10.0. The number of benzene rings is 1. The second kappa shape index (κ2) is 7.15. The molecular formula is C16H16F2N2O3. The second-order valence-electron chi connectivity index (χ2n) is 4.94. The highest BCUT2D eigenvalue weighted by Gasteiger charge is 2.23. The average Bonchev–Trinajstić information content (AvgIpc) is 2.52. The van der Waals surface area contributed by atoms with Crippen molar-refractivity contribution in [2.24, 2.45) is 0 Å². The van der Waals surface area contributed by atoms with Crippen LogP contribution in [0.3, 0.4) is 0 Å². The molecule has 0 aliphatic carbocycles. The Bertz CT molecular complexity index is 722. The fraction of sp³-hybridized carbons (Fsp3) is 0.250. The third-order valence-electron chi connectivity index (χ3n) is 3.51. The molecule has 0 saturated carbocycles. The molecule has 1 atom stereocenters. The van der Waals surface area contributed by atoms with E-state index in [9.17, 15) is 18.7 Å². The van der Waals surface area contributed by atoms with Crippen molar-refractivity contribution in [3.05, 3.63) is 58.9 Å². The van der Waals surface area contributed by atoms with Gasteiger partial charge in [0.15, 0.2) is 0 Å². The maximum Gasteiger partial charge on any atom is 0.325 e. The summed E-state index contributed by atoms with van der Waals surface area (Å²) >= 11 is 0. The van der Waals surface area contributed by atoms with Gasteiger partial charge in [-0.15, -0.1) is 0 Å². The van der Waals surface area contributed by atoms with Gasteiger partial charge in [0.05, 0.1) is 13.3 Å². The summed E-state index contributed by atoms with van der Waals surface area (Å²) < 4.78 is 32.2. The van der Waals surface area contributed by atoms with Gasteiger partial charge in [0.1, 0.15) is 23.4 Å². The molecule has 1 aromatic heterocycles. The highest BCUT2D eigenvalue weighted by molar-refractivity contribution is 5.75. The van der Waals surface area contributed by atoms with Crippen molar-refractivity contribution in [1.82, 2.24) is 10.3 Å². The molecule has 0 fully saturated rings. The number of halogens is 2. The number of methoxy groups -OCH3 is 1. The number of carboxylic acids is 1. The van der Waals surface area contributed by atoms with Crippen molar-refractivity contribution < 1.29 is 23.4 Å². The van der Waals surface area contributed by atoms with Crippen LogP contribution < -0.4 is 10.1 Å². The second-order valence-corrected chi connectivity index (χ2v) is 4.94. The van der Waals surface area contributed by atoms with Crippen molar-refractivity contribution >= 4 is 5.97 Å². The monoisotopic (exact) mass is 322 g/mol. The molecule has 2 N–H and O–H groups in total. The average molecular weight is 322 g/mol. The summed E-state index contributed by atoms with van der Waals surface area (Å²) in [7, 11) is 1.50. The normalized spacial score (nSPS) is 12.0. The van der Waals surface area contributed by atoms with Crippen LogP contribution in [0, 0.1) is 18.6 Å². The Kier molecular flexibility index (Phi) is 5.23. The highest BCUT2D eigenvalue weighted by atomic mass is 19.1. The van der Waals surface area contributed by atoms with Crippen LogP contribution in [0.1, 0.15) is 22.7 Å². The van der Waals surface area contributed by atoms with Crippen LogP contribution in [0.5, 0.6) is 5.75 Å². The van der Waals surface area contributed by atoms with Crippen molar-refractivity contribution in [1.29, 1.82) is 0 Å². The Balaban J connectivity index is 2.25. The van der Waals surface area contributed by atoms with Gasteiger partial charge < -0.3 is 9.84 Å². The number of aliphatic carboxylic acids is 1. The van der Waals surface area contributed by atoms with Crippen LogP contribution in [0.4, 0.5) is 8.78 Å². The van der Waals surface area contributed by atoms with Gasteiger partial charge in [-0.1, -0.05) is 0 Å². The number of carbonyl (C=O) groups is 1. The first kappa shape index (κ1) is 16.8. The largest absolute Gasteiger partial charge is 0.495 e. The summed E-state index contributed by atoms with van der Waals surface area (Å²) in [4.78, 5) is 15.4. The first-order valence-electron chi connectivity index (χ1n) is 6.82. The Morgan fingerprint density at radius 3 is 2.78 bits per heavy atom. The lowest BCUT2D eigenvalue weighted by molar-refractivity contribution is -0.139. The minimum atomic E-state index is -1.38. The van der Waals surface area contributed by atoms with E-state index in [1.807, 2.05) is 0 Å². The van der Waals surface area contributed by atoms with E-state index in [0.717, 1.165) is 23.8 Å². The summed E-state index contributed by atoms with van der Waals surface area (Å²) in [6.45, 7) is 1.92. The van der Waals surface area contributed by atoms with Crippen LogP contribution >= 0.6 is 0 Å². The van der Waals surface area contributed by atoms with Crippen LogP contribution in [-0.2, 0) is 11.3 Å². The Hall–Kier alpha value is -2.54. The van der Waals surface area contributed by atoms with Crippen molar-refractivity contribution in [2.75, 3.05) is 7.11 Å². The van der Waals surface area contributed by atoms with Crippen molar-refractivity contribution in [3.8, 4) is 5.75 Å². The number of hydrogen-bond donors (Lipinski definition) is 2. The SMILES string of the molecule is COc1cncc(CNC(C(=O)O)c2cc(F)ccc2F)c1C. The van der Waals surface area contributed by atoms with E-state index >= 15 is 0 Å². The molecule has 2 aromatic rings. The first-order chi connectivity index (χ1) is 10.9. The number of nitrogens with zero attached hydrogens (tertiary/aromatic N) is 1. The van der Waals surface area contributed by atoms with Gasteiger partial charge in [-0.05, 0) is 36.2 Å². The number of pyridine rings is 1. The van der Waals surface area contributed by atoms with Gasteiger partial charge in [0, 0.05) is 18.3 Å². The standard InChI is InChI=1S/C16H16F2N2O3/c1-9-10(6-19-8-14(9)23-2)7-20-15(16(21)22)12-5-11(17)3-4-13(12)18/h3-6,8,15,20H,7H2,1-2H3,(H,21,22). The number of carboxylic acid groups (broad SMARTS) is 1. The summed E-state index contributed by atoms with van der Waals surface area (Å²) in [5.41, 5.74) is 1.23. The third kappa shape index (κ3) is 3.81. The van der Waals surface area contributed by atoms with Crippen LogP contribution in [0.25, 0.3) is 0 Å².